The lowest BCUT2D eigenvalue weighted by molar-refractivity contribution is 0.189. The number of hydrogen-bond acceptors (Lipinski definition) is 3. The summed E-state index contributed by atoms with van der Waals surface area (Å²) in [5.41, 5.74) is 1.43. The molecular weight excluding hydrogens is 300 g/mol. The van der Waals surface area contributed by atoms with Gasteiger partial charge in [-0.25, -0.2) is 0 Å². The Kier molecular flexibility index (Phi) is 9.10. The van der Waals surface area contributed by atoms with E-state index in [1.807, 2.05) is 11.8 Å². The van der Waals surface area contributed by atoms with Gasteiger partial charge in [-0.15, -0.1) is 0 Å². The van der Waals surface area contributed by atoms with Crippen LogP contribution in [0.15, 0.2) is 30.3 Å². The monoisotopic (exact) mass is 334 g/mol. The fraction of sp³-hybridized carbons (Fsp3) is 0.700. The first-order valence-corrected chi connectivity index (χ1v) is 10.5. The highest BCUT2D eigenvalue weighted by Gasteiger charge is 2.19. The first-order chi connectivity index (χ1) is 11.3. The van der Waals surface area contributed by atoms with E-state index in [2.05, 4.69) is 54.4 Å². The van der Waals surface area contributed by atoms with Crippen LogP contribution in [-0.4, -0.2) is 42.9 Å². The summed E-state index contributed by atoms with van der Waals surface area (Å²) in [7, 11) is 0. The van der Waals surface area contributed by atoms with Crippen LogP contribution >= 0.6 is 11.8 Å². The molecule has 0 bridgehead atoms. The number of nitrogens with zero attached hydrogens (tertiary/aromatic N) is 1. The summed E-state index contributed by atoms with van der Waals surface area (Å²) >= 11 is 2.02. The first kappa shape index (κ1) is 18.8. The molecule has 0 heterocycles. The summed E-state index contributed by atoms with van der Waals surface area (Å²) in [6.45, 7) is 9.42. The van der Waals surface area contributed by atoms with E-state index in [1.54, 1.807) is 0 Å². The minimum atomic E-state index is 0.671. The van der Waals surface area contributed by atoms with Gasteiger partial charge in [0, 0.05) is 43.7 Å². The smallest absolute Gasteiger partial charge is 0.0185 e. The molecule has 2 nitrogen and oxygen atoms in total. The van der Waals surface area contributed by atoms with E-state index in [1.165, 1.54) is 50.1 Å². The number of hydrogen-bond donors (Lipinski definition) is 1. The summed E-state index contributed by atoms with van der Waals surface area (Å²) in [4.78, 5) is 2.67. The van der Waals surface area contributed by atoms with Gasteiger partial charge in [0.25, 0.3) is 0 Å². The second kappa shape index (κ2) is 11.1. The third-order valence-corrected chi connectivity index (χ3v) is 5.84. The van der Waals surface area contributed by atoms with Gasteiger partial charge in [-0.1, -0.05) is 43.2 Å². The molecule has 1 aromatic carbocycles. The topological polar surface area (TPSA) is 15.3 Å². The molecule has 0 radical (unpaired) electrons. The molecule has 0 unspecified atom stereocenters. The highest BCUT2D eigenvalue weighted by atomic mass is 32.2. The molecule has 1 N–H and O–H groups in total. The third kappa shape index (κ3) is 7.73. The molecule has 1 fully saturated rings. The average molecular weight is 335 g/mol. The van der Waals surface area contributed by atoms with Crippen molar-refractivity contribution in [3.63, 3.8) is 0 Å². The van der Waals surface area contributed by atoms with Crippen molar-refractivity contribution in [3.05, 3.63) is 35.9 Å². The van der Waals surface area contributed by atoms with Gasteiger partial charge in [0.15, 0.2) is 0 Å². The van der Waals surface area contributed by atoms with E-state index in [0.717, 1.165) is 24.8 Å². The summed E-state index contributed by atoms with van der Waals surface area (Å²) < 4.78 is 0. The molecule has 3 heteroatoms. The molecule has 23 heavy (non-hydrogen) atoms. The quantitative estimate of drug-likeness (QED) is 0.603. The van der Waals surface area contributed by atoms with E-state index < -0.39 is 0 Å². The van der Waals surface area contributed by atoms with E-state index >= 15 is 0 Å². The van der Waals surface area contributed by atoms with Crippen LogP contribution in [0.5, 0.6) is 0 Å². The van der Waals surface area contributed by atoms with Crippen molar-refractivity contribution in [2.45, 2.75) is 51.3 Å². The van der Waals surface area contributed by atoms with Gasteiger partial charge in [0.1, 0.15) is 0 Å². The molecule has 1 saturated carbocycles. The number of rotatable bonds is 11. The van der Waals surface area contributed by atoms with E-state index in [4.69, 9.17) is 0 Å². The van der Waals surface area contributed by atoms with Crippen molar-refractivity contribution >= 4 is 11.8 Å². The molecule has 130 valence electrons. The maximum Gasteiger partial charge on any atom is 0.0185 e. The summed E-state index contributed by atoms with van der Waals surface area (Å²) in [5.74, 6) is 3.28. The highest BCUT2D eigenvalue weighted by molar-refractivity contribution is 7.98. The Morgan fingerprint density at radius 2 is 1.87 bits per heavy atom. The third-order valence-electron chi connectivity index (χ3n) is 4.81. The van der Waals surface area contributed by atoms with Crippen LogP contribution in [0.3, 0.4) is 0 Å². The van der Waals surface area contributed by atoms with Gasteiger partial charge < -0.3 is 5.32 Å². The van der Waals surface area contributed by atoms with Crippen molar-refractivity contribution in [2.75, 3.05) is 31.9 Å². The minimum Gasteiger partial charge on any atom is -0.315 e. The van der Waals surface area contributed by atoms with Gasteiger partial charge in [0.05, 0.1) is 0 Å². The predicted molar refractivity (Wildman–Crippen MR) is 104 cm³/mol. The average Bonchev–Trinajstić information content (AvgIpc) is 3.06. The normalized spacial score (nSPS) is 15.8. The van der Waals surface area contributed by atoms with Crippen LogP contribution in [0.1, 0.15) is 45.1 Å². The van der Waals surface area contributed by atoms with Crippen LogP contribution in [-0.2, 0) is 5.75 Å². The summed E-state index contributed by atoms with van der Waals surface area (Å²) in [6, 6.07) is 11.4. The molecule has 1 aromatic rings. The second-order valence-corrected chi connectivity index (χ2v) is 8.13. The van der Waals surface area contributed by atoms with Crippen LogP contribution in [0.4, 0.5) is 0 Å². The maximum atomic E-state index is 3.62. The van der Waals surface area contributed by atoms with Crippen molar-refractivity contribution in [1.82, 2.24) is 10.2 Å². The number of benzene rings is 1. The van der Waals surface area contributed by atoms with Crippen LogP contribution in [0.25, 0.3) is 0 Å². The largest absolute Gasteiger partial charge is 0.315 e. The molecule has 0 saturated heterocycles. The van der Waals surface area contributed by atoms with E-state index in [0.29, 0.717) is 6.04 Å². The van der Waals surface area contributed by atoms with Gasteiger partial charge in [-0.05, 0) is 38.2 Å². The van der Waals surface area contributed by atoms with Gasteiger partial charge >= 0.3 is 0 Å². The zero-order chi connectivity index (χ0) is 16.3. The lowest BCUT2D eigenvalue weighted by Gasteiger charge is -2.29. The van der Waals surface area contributed by atoms with Crippen molar-refractivity contribution in [2.24, 2.45) is 5.92 Å². The van der Waals surface area contributed by atoms with Gasteiger partial charge in [-0.2, -0.15) is 11.8 Å². The Balaban J connectivity index is 1.51. The first-order valence-electron chi connectivity index (χ1n) is 9.32. The Morgan fingerprint density at radius 3 is 2.57 bits per heavy atom. The van der Waals surface area contributed by atoms with Crippen LogP contribution < -0.4 is 5.32 Å². The Bertz CT molecular complexity index is 401. The van der Waals surface area contributed by atoms with E-state index in [9.17, 15) is 0 Å². The molecule has 0 atom stereocenters. The highest BCUT2D eigenvalue weighted by Crippen LogP contribution is 2.25. The van der Waals surface area contributed by atoms with Crippen molar-refractivity contribution < 1.29 is 0 Å². The SMILES string of the molecule is CC(C)N(CCNCCSCc1ccccc1)CC1CCCC1. The fourth-order valence-corrected chi connectivity index (χ4v) is 4.20. The molecular formula is C20H34N2S. The minimum absolute atomic E-state index is 0.671. The number of nitrogens with one attached hydrogen (secondary N) is 1. The molecule has 0 amide bonds. The maximum absolute atomic E-state index is 3.62. The molecule has 1 aliphatic carbocycles. The standard InChI is InChI=1S/C20H34N2S/c1-18(2)22(16-19-8-6-7-9-19)14-12-21-13-15-23-17-20-10-4-3-5-11-20/h3-5,10-11,18-19,21H,6-9,12-17H2,1-2H3. The van der Waals surface area contributed by atoms with Gasteiger partial charge in [-0.3, -0.25) is 4.90 Å². The Hall–Kier alpha value is -0.510. The molecule has 0 aliphatic heterocycles. The summed E-state index contributed by atoms with van der Waals surface area (Å²) in [5, 5.41) is 3.62. The van der Waals surface area contributed by atoms with Crippen LogP contribution in [0.2, 0.25) is 0 Å². The molecule has 2 rings (SSSR count). The zero-order valence-electron chi connectivity index (χ0n) is 15.0. The second-order valence-electron chi connectivity index (χ2n) is 7.03. The zero-order valence-corrected chi connectivity index (χ0v) is 15.8. The van der Waals surface area contributed by atoms with Crippen LogP contribution in [0, 0.1) is 5.92 Å². The fourth-order valence-electron chi connectivity index (χ4n) is 3.34. The Labute approximate surface area is 147 Å². The molecule has 1 aliphatic rings. The lowest BCUT2D eigenvalue weighted by atomic mass is 10.1. The predicted octanol–water partition coefficient (Wildman–Crippen LogP) is 4.41. The van der Waals surface area contributed by atoms with Crippen molar-refractivity contribution in [3.8, 4) is 0 Å². The Morgan fingerprint density at radius 1 is 1.13 bits per heavy atom. The summed E-state index contributed by atoms with van der Waals surface area (Å²) in [6.07, 6.45) is 5.81. The lowest BCUT2D eigenvalue weighted by Crippen LogP contribution is -2.40. The van der Waals surface area contributed by atoms with Gasteiger partial charge in [0.2, 0.25) is 0 Å². The van der Waals surface area contributed by atoms with E-state index in [-0.39, 0.29) is 0 Å². The number of thioether (sulfide) groups is 1. The molecule has 0 spiro atoms. The van der Waals surface area contributed by atoms with Crippen molar-refractivity contribution in [1.29, 1.82) is 0 Å². The molecule has 0 aromatic heterocycles.